The third-order valence-electron chi connectivity index (χ3n) is 6.88. The number of benzene rings is 2. The Bertz CT molecular complexity index is 1350. The van der Waals surface area contributed by atoms with E-state index < -0.39 is 6.04 Å². The first-order chi connectivity index (χ1) is 17.4. The summed E-state index contributed by atoms with van der Waals surface area (Å²) in [4.78, 5) is 29.4. The van der Waals surface area contributed by atoms with Gasteiger partial charge in [0.1, 0.15) is 5.58 Å². The second-order valence-electron chi connectivity index (χ2n) is 9.61. The van der Waals surface area contributed by atoms with Gasteiger partial charge in [0.2, 0.25) is 5.76 Å². The van der Waals surface area contributed by atoms with E-state index in [1.54, 1.807) is 4.90 Å². The fourth-order valence-electron chi connectivity index (χ4n) is 5.35. The van der Waals surface area contributed by atoms with Crippen molar-refractivity contribution in [2.75, 3.05) is 26.4 Å². The Morgan fingerprint density at radius 3 is 2.61 bits per heavy atom. The molecule has 1 fully saturated rings. The van der Waals surface area contributed by atoms with Gasteiger partial charge in [-0.3, -0.25) is 9.59 Å². The third-order valence-corrected chi connectivity index (χ3v) is 6.88. The molecule has 0 N–H and O–H groups in total. The van der Waals surface area contributed by atoms with E-state index in [4.69, 9.17) is 18.6 Å². The van der Waals surface area contributed by atoms with Crippen molar-refractivity contribution in [2.45, 2.75) is 59.1 Å². The Labute approximate surface area is 210 Å². The highest BCUT2D eigenvalue weighted by Gasteiger charge is 2.44. The predicted molar refractivity (Wildman–Crippen MR) is 137 cm³/mol. The SMILES string of the molecule is CCCOc1ccc(C2c3c(oc4cc(C)cc(C)c4c3=O)C(=O)N2CC2CCCO2)cc1OCC. The molecular formula is C29H33NO6. The molecule has 0 saturated carbocycles. The first-order valence-electron chi connectivity index (χ1n) is 12.8. The Morgan fingerprint density at radius 2 is 1.89 bits per heavy atom. The lowest BCUT2D eigenvalue weighted by Gasteiger charge is -2.28. The molecule has 0 bridgehead atoms. The first-order valence-corrected chi connectivity index (χ1v) is 12.8. The van der Waals surface area contributed by atoms with E-state index in [9.17, 15) is 9.59 Å². The molecule has 1 saturated heterocycles. The van der Waals surface area contributed by atoms with Crippen molar-refractivity contribution in [3.63, 3.8) is 0 Å². The quantitative estimate of drug-likeness (QED) is 0.424. The summed E-state index contributed by atoms with van der Waals surface area (Å²) >= 11 is 0. The van der Waals surface area contributed by atoms with E-state index in [1.165, 1.54) is 0 Å². The molecule has 0 spiro atoms. The van der Waals surface area contributed by atoms with Gasteiger partial charge in [-0.2, -0.15) is 0 Å². The Morgan fingerprint density at radius 1 is 1.06 bits per heavy atom. The van der Waals surface area contributed by atoms with Crippen LogP contribution < -0.4 is 14.9 Å². The summed E-state index contributed by atoms with van der Waals surface area (Å²) in [6.07, 6.45) is 2.64. The lowest BCUT2D eigenvalue weighted by molar-refractivity contribution is 0.0486. The van der Waals surface area contributed by atoms with E-state index in [2.05, 4.69) is 0 Å². The fraction of sp³-hybridized carbons (Fsp3) is 0.448. The average Bonchev–Trinajstić information content (AvgIpc) is 3.45. The van der Waals surface area contributed by atoms with Crippen LogP contribution in [-0.4, -0.2) is 43.3 Å². The molecule has 0 aliphatic carbocycles. The summed E-state index contributed by atoms with van der Waals surface area (Å²) in [5.41, 5.74) is 3.25. The lowest BCUT2D eigenvalue weighted by Crippen LogP contribution is -2.36. The number of aryl methyl sites for hydroxylation is 2. The topological polar surface area (TPSA) is 78.2 Å². The number of rotatable bonds is 8. The summed E-state index contributed by atoms with van der Waals surface area (Å²) in [6, 6.07) is 8.85. The number of hydrogen-bond donors (Lipinski definition) is 0. The minimum Gasteiger partial charge on any atom is -0.490 e. The summed E-state index contributed by atoms with van der Waals surface area (Å²) < 4.78 is 23.8. The zero-order chi connectivity index (χ0) is 25.4. The van der Waals surface area contributed by atoms with E-state index in [0.717, 1.165) is 36.0 Å². The smallest absolute Gasteiger partial charge is 0.291 e. The number of hydrogen-bond acceptors (Lipinski definition) is 6. The van der Waals surface area contributed by atoms with Crippen LogP contribution in [0.2, 0.25) is 0 Å². The highest BCUT2D eigenvalue weighted by atomic mass is 16.5. The van der Waals surface area contributed by atoms with Gasteiger partial charge in [0.15, 0.2) is 16.9 Å². The van der Waals surface area contributed by atoms with Crippen LogP contribution in [0.25, 0.3) is 11.0 Å². The van der Waals surface area contributed by atoms with Crippen LogP contribution in [-0.2, 0) is 4.74 Å². The molecule has 3 heterocycles. The minimum absolute atomic E-state index is 0.0715. The van der Waals surface area contributed by atoms with E-state index >= 15 is 0 Å². The van der Waals surface area contributed by atoms with Gasteiger partial charge in [-0.05, 0) is 74.9 Å². The normalized spacial score (nSPS) is 19.2. The highest BCUT2D eigenvalue weighted by molar-refractivity contribution is 5.99. The van der Waals surface area contributed by atoms with E-state index in [1.807, 2.05) is 58.0 Å². The van der Waals surface area contributed by atoms with Crippen LogP contribution in [0.1, 0.15) is 72.0 Å². The second-order valence-corrected chi connectivity index (χ2v) is 9.61. The summed E-state index contributed by atoms with van der Waals surface area (Å²) in [5, 5.41) is 0.518. The summed E-state index contributed by atoms with van der Waals surface area (Å²) in [6.45, 7) is 9.93. The van der Waals surface area contributed by atoms with Crippen molar-refractivity contribution in [3.05, 3.63) is 68.6 Å². The Kier molecular flexibility index (Phi) is 6.75. The van der Waals surface area contributed by atoms with Gasteiger partial charge in [0.25, 0.3) is 5.91 Å². The Hall–Kier alpha value is -3.32. The van der Waals surface area contributed by atoms with Crippen LogP contribution in [0, 0.1) is 13.8 Å². The molecule has 2 aliphatic rings. The second kappa shape index (κ2) is 9.97. The van der Waals surface area contributed by atoms with Crippen molar-refractivity contribution in [2.24, 2.45) is 0 Å². The van der Waals surface area contributed by atoms with E-state index in [0.29, 0.717) is 54.4 Å². The summed E-state index contributed by atoms with van der Waals surface area (Å²) in [5.74, 6) is 1.07. The number of carbonyl (C=O) groups excluding carboxylic acids is 1. The molecule has 0 radical (unpaired) electrons. The summed E-state index contributed by atoms with van der Waals surface area (Å²) in [7, 11) is 0. The molecule has 7 heteroatoms. The lowest BCUT2D eigenvalue weighted by atomic mass is 9.96. The molecule has 2 aromatic carbocycles. The fourth-order valence-corrected chi connectivity index (χ4v) is 5.35. The largest absolute Gasteiger partial charge is 0.490 e. The number of nitrogens with zero attached hydrogens (tertiary/aromatic N) is 1. The molecule has 7 nitrogen and oxygen atoms in total. The number of ether oxygens (including phenoxy) is 3. The van der Waals surface area contributed by atoms with Gasteiger partial charge >= 0.3 is 0 Å². The highest BCUT2D eigenvalue weighted by Crippen LogP contribution is 2.42. The Balaban J connectivity index is 1.68. The zero-order valence-electron chi connectivity index (χ0n) is 21.4. The van der Waals surface area contributed by atoms with Crippen LogP contribution in [0.4, 0.5) is 0 Å². The van der Waals surface area contributed by atoms with Crippen LogP contribution in [0.15, 0.2) is 39.5 Å². The van der Waals surface area contributed by atoms with Crippen molar-refractivity contribution >= 4 is 16.9 Å². The predicted octanol–water partition coefficient (Wildman–Crippen LogP) is 5.32. The molecule has 1 amide bonds. The first kappa shape index (κ1) is 24.4. The standard InChI is InChI=1S/C29H33NO6/c1-5-11-35-21-10-9-19(15-22(21)33-6-2)26-25-27(31)24-18(4)13-17(3)14-23(24)36-28(25)29(32)30(26)16-20-8-7-12-34-20/h9-10,13-15,20,26H,5-8,11-12,16H2,1-4H3. The van der Waals surface area contributed by atoms with Crippen LogP contribution in [0.5, 0.6) is 11.5 Å². The van der Waals surface area contributed by atoms with Crippen molar-refractivity contribution in [1.29, 1.82) is 0 Å². The zero-order valence-corrected chi connectivity index (χ0v) is 21.4. The van der Waals surface area contributed by atoms with Gasteiger partial charge in [0.05, 0.1) is 36.3 Å². The van der Waals surface area contributed by atoms with Crippen molar-refractivity contribution < 1.29 is 23.4 Å². The van der Waals surface area contributed by atoms with Crippen LogP contribution in [0.3, 0.4) is 0 Å². The number of amides is 1. The molecule has 3 aromatic rings. The van der Waals surface area contributed by atoms with Crippen molar-refractivity contribution in [3.8, 4) is 11.5 Å². The molecule has 2 unspecified atom stereocenters. The maximum Gasteiger partial charge on any atom is 0.291 e. The number of carbonyl (C=O) groups is 1. The molecule has 2 aliphatic heterocycles. The monoisotopic (exact) mass is 491 g/mol. The maximum atomic E-state index is 14.0. The van der Waals surface area contributed by atoms with Gasteiger partial charge in [-0.15, -0.1) is 0 Å². The molecule has 1 aromatic heterocycles. The van der Waals surface area contributed by atoms with Gasteiger partial charge < -0.3 is 23.5 Å². The molecule has 36 heavy (non-hydrogen) atoms. The van der Waals surface area contributed by atoms with Gasteiger partial charge in [-0.1, -0.05) is 19.1 Å². The molecular weight excluding hydrogens is 458 g/mol. The maximum absolute atomic E-state index is 14.0. The number of fused-ring (bicyclic) bond motifs is 2. The minimum atomic E-state index is -0.600. The van der Waals surface area contributed by atoms with Crippen molar-refractivity contribution in [1.82, 2.24) is 4.90 Å². The molecule has 5 rings (SSSR count). The van der Waals surface area contributed by atoms with E-state index in [-0.39, 0.29) is 23.2 Å². The van der Waals surface area contributed by atoms with Crippen LogP contribution >= 0.6 is 0 Å². The van der Waals surface area contributed by atoms with Gasteiger partial charge in [0, 0.05) is 13.2 Å². The third kappa shape index (κ3) is 4.26. The van der Waals surface area contributed by atoms with Gasteiger partial charge in [-0.25, -0.2) is 0 Å². The average molecular weight is 492 g/mol. The molecule has 190 valence electrons. The molecule has 2 atom stereocenters.